The molecule has 2 heterocycles. The Kier molecular flexibility index (Phi) is 4.81. The van der Waals surface area contributed by atoms with Crippen LogP contribution in [0.2, 0.25) is 0 Å². The van der Waals surface area contributed by atoms with Crippen molar-refractivity contribution in [1.29, 1.82) is 0 Å². The maximum Gasteiger partial charge on any atom is 0.349 e. The third kappa shape index (κ3) is 3.60. The van der Waals surface area contributed by atoms with E-state index < -0.39 is 0 Å². The summed E-state index contributed by atoms with van der Waals surface area (Å²) in [5.74, 6) is 1.60. The predicted octanol–water partition coefficient (Wildman–Crippen LogP) is 4.43. The molecule has 1 aliphatic carbocycles. The highest BCUT2D eigenvalue weighted by Crippen LogP contribution is 2.31. The van der Waals surface area contributed by atoms with Gasteiger partial charge in [0, 0.05) is 21.5 Å². The highest BCUT2D eigenvalue weighted by Gasteiger charge is 2.22. The number of fused-ring (bicyclic) bond motifs is 1. The van der Waals surface area contributed by atoms with Gasteiger partial charge in [-0.2, -0.15) is 4.98 Å². The Morgan fingerprint density at radius 1 is 1.20 bits per heavy atom. The van der Waals surface area contributed by atoms with Crippen LogP contribution < -0.4 is 5.69 Å². The molecule has 0 saturated carbocycles. The topological polar surface area (TPSA) is 48.0 Å². The lowest BCUT2D eigenvalue weighted by Crippen LogP contribution is -2.27. The standard InChI is InChI=1S/C19H17BrN2O2S/c20-14-8-6-13(7-9-14)12-25-18-16-4-1-5-17(16)22(19(23)21-18)11-15-3-2-10-24-15/h2-3,6-10H,1,4-5,11-12H2. The fourth-order valence-electron chi connectivity index (χ4n) is 3.16. The number of hydrogen-bond acceptors (Lipinski definition) is 4. The monoisotopic (exact) mass is 416 g/mol. The molecule has 3 aromatic rings. The van der Waals surface area contributed by atoms with E-state index in [4.69, 9.17) is 4.42 Å². The summed E-state index contributed by atoms with van der Waals surface area (Å²) in [6.07, 6.45) is 4.63. The fraction of sp³-hybridized carbons (Fsp3) is 0.263. The molecule has 0 N–H and O–H groups in total. The van der Waals surface area contributed by atoms with Crippen LogP contribution in [0, 0.1) is 0 Å². The second-order valence-corrected chi connectivity index (χ2v) is 7.94. The van der Waals surface area contributed by atoms with E-state index in [1.165, 1.54) is 11.1 Å². The Labute approximate surface area is 158 Å². The van der Waals surface area contributed by atoms with Crippen LogP contribution in [0.4, 0.5) is 0 Å². The SMILES string of the molecule is O=c1nc(SCc2ccc(Br)cc2)c2c(n1Cc1ccco1)CCC2. The van der Waals surface area contributed by atoms with Crippen molar-refractivity contribution in [2.45, 2.75) is 36.6 Å². The van der Waals surface area contributed by atoms with E-state index in [9.17, 15) is 4.79 Å². The van der Waals surface area contributed by atoms with E-state index in [-0.39, 0.29) is 5.69 Å². The Bertz CT molecular complexity index is 933. The normalized spacial score (nSPS) is 13.2. The highest BCUT2D eigenvalue weighted by molar-refractivity contribution is 9.10. The van der Waals surface area contributed by atoms with Gasteiger partial charge in [-0.25, -0.2) is 4.79 Å². The number of rotatable bonds is 5. The molecular weight excluding hydrogens is 400 g/mol. The molecule has 0 fully saturated rings. The molecule has 0 saturated heterocycles. The second-order valence-electron chi connectivity index (χ2n) is 6.06. The zero-order valence-electron chi connectivity index (χ0n) is 13.6. The van der Waals surface area contributed by atoms with Crippen molar-refractivity contribution in [3.05, 3.63) is 80.2 Å². The minimum Gasteiger partial charge on any atom is -0.467 e. The number of halogens is 1. The van der Waals surface area contributed by atoms with Crippen molar-refractivity contribution < 1.29 is 4.42 Å². The third-order valence-electron chi connectivity index (χ3n) is 4.38. The summed E-state index contributed by atoms with van der Waals surface area (Å²) in [6.45, 7) is 0.457. The minimum absolute atomic E-state index is 0.185. The molecule has 4 rings (SSSR count). The van der Waals surface area contributed by atoms with E-state index in [2.05, 4.69) is 33.0 Å². The van der Waals surface area contributed by atoms with Crippen molar-refractivity contribution >= 4 is 27.7 Å². The Morgan fingerprint density at radius 3 is 2.80 bits per heavy atom. The molecule has 128 valence electrons. The quantitative estimate of drug-likeness (QED) is 0.455. The number of furan rings is 1. The summed E-state index contributed by atoms with van der Waals surface area (Å²) in [4.78, 5) is 16.9. The summed E-state index contributed by atoms with van der Waals surface area (Å²) >= 11 is 5.11. The van der Waals surface area contributed by atoms with Gasteiger partial charge < -0.3 is 4.42 Å². The molecule has 2 aromatic heterocycles. The van der Waals surface area contributed by atoms with Crippen LogP contribution in [0.5, 0.6) is 0 Å². The molecule has 0 bridgehead atoms. The zero-order chi connectivity index (χ0) is 17.2. The van der Waals surface area contributed by atoms with Crippen molar-refractivity contribution in [3.63, 3.8) is 0 Å². The van der Waals surface area contributed by atoms with Crippen LogP contribution in [0.3, 0.4) is 0 Å². The van der Waals surface area contributed by atoms with Crippen LogP contribution >= 0.6 is 27.7 Å². The zero-order valence-corrected chi connectivity index (χ0v) is 16.0. The first-order valence-electron chi connectivity index (χ1n) is 8.23. The van der Waals surface area contributed by atoms with Crippen molar-refractivity contribution in [1.82, 2.24) is 9.55 Å². The molecule has 0 unspecified atom stereocenters. The van der Waals surface area contributed by atoms with Crippen molar-refractivity contribution in [3.8, 4) is 0 Å². The third-order valence-corrected chi connectivity index (χ3v) is 6.00. The molecular formula is C19H17BrN2O2S. The van der Waals surface area contributed by atoms with E-state index >= 15 is 0 Å². The first-order valence-corrected chi connectivity index (χ1v) is 10.0. The molecule has 1 aromatic carbocycles. The summed E-state index contributed by atoms with van der Waals surface area (Å²) in [5, 5.41) is 0.885. The van der Waals surface area contributed by atoms with E-state index in [1.54, 1.807) is 22.6 Å². The number of thioether (sulfide) groups is 1. The number of hydrogen-bond donors (Lipinski definition) is 0. The maximum atomic E-state index is 12.6. The Morgan fingerprint density at radius 2 is 2.04 bits per heavy atom. The van der Waals surface area contributed by atoms with Gasteiger partial charge in [0.15, 0.2) is 0 Å². The first kappa shape index (κ1) is 16.7. The lowest BCUT2D eigenvalue weighted by Gasteiger charge is -2.13. The van der Waals surface area contributed by atoms with Crippen molar-refractivity contribution in [2.24, 2.45) is 0 Å². The number of benzene rings is 1. The van der Waals surface area contributed by atoms with Crippen LogP contribution in [-0.2, 0) is 25.1 Å². The van der Waals surface area contributed by atoms with E-state index in [0.717, 1.165) is 46.0 Å². The van der Waals surface area contributed by atoms with Gasteiger partial charge in [-0.15, -0.1) is 11.8 Å². The minimum atomic E-state index is -0.185. The van der Waals surface area contributed by atoms with Gasteiger partial charge in [0.25, 0.3) is 0 Å². The molecule has 0 radical (unpaired) electrons. The van der Waals surface area contributed by atoms with Gasteiger partial charge in [0.05, 0.1) is 12.8 Å². The van der Waals surface area contributed by atoms with Crippen LogP contribution in [0.1, 0.15) is 29.0 Å². The van der Waals surface area contributed by atoms with Gasteiger partial charge in [0.2, 0.25) is 0 Å². The van der Waals surface area contributed by atoms with E-state index in [0.29, 0.717) is 6.54 Å². The molecule has 0 spiro atoms. The first-order chi connectivity index (χ1) is 12.2. The Hall–Kier alpha value is -1.79. The summed E-state index contributed by atoms with van der Waals surface area (Å²) < 4.78 is 8.24. The average molecular weight is 417 g/mol. The van der Waals surface area contributed by atoms with Crippen LogP contribution in [0.15, 0.2) is 61.4 Å². The smallest absolute Gasteiger partial charge is 0.349 e. The molecule has 6 heteroatoms. The molecule has 0 aliphatic heterocycles. The van der Waals surface area contributed by atoms with Crippen LogP contribution in [0.25, 0.3) is 0 Å². The fourth-order valence-corrected chi connectivity index (χ4v) is 4.46. The predicted molar refractivity (Wildman–Crippen MR) is 102 cm³/mol. The van der Waals surface area contributed by atoms with Gasteiger partial charge in [-0.05, 0) is 49.1 Å². The van der Waals surface area contributed by atoms with Gasteiger partial charge in [0.1, 0.15) is 10.8 Å². The average Bonchev–Trinajstić information content (AvgIpc) is 3.29. The second kappa shape index (κ2) is 7.22. The summed E-state index contributed by atoms with van der Waals surface area (Å²) in [6, 6.07) is 12.0. The molecule has 1 aliphatic rings. The Balaban J connectivity index is 1.61. The largest absolute Gasteiger partial charge is 0.467 e. The molecule has 25 heavy (non-hydrogen) atoms. The summed E-state index contributed by atoms with van der Waals surface area (Å²) in [5.41, 5.74) is 3.39. The van der Waals surface area contributed by atoms with E-state index in [1.807, 2.05) is 24.3 Å². The van der Waals surface area contributed by atoms with Gasteiger partial charge in [-0.3, -0.25) is 4.57 Å². The molecule has 0 amide bonds. The van der Waals surface area contributed by atoms with Crippen molar-refractivity contribution in [2.75, 3.05) is 0 Å². The van der Waals surface area contributed by atoms with Crippen LogP contribution in [-0.4, -0.2) is 9.55 Å². The van der Waals surface area contributed by atoms with Gasteiger partial charge >= 0.3 is 5.69 Å². The number of aromatic nitrogens is 2. The lowest BCUT2D eigenvalue weighted by atomic mass is 10.2. The molecule has 4 nitrogen and oxygen atoms in total. The number of nitrogens with zero attached hydrogens (tertiary/aromatic N) is 2. The highest BCUT2D eigenvalue weighted by atomic mass is 79.9. The summed E-state index contributed by atoms with van der Waals surface area (Å²) in [7, 11) is 0. The molecule has 0 atom stereocenters. The van der Waals surface area contributed by atoms with Gasteiger partial charge in [-0.1, -0.05) is 28.1 Å². The maximum absolute atomic E-state index is 12.6. The lowest BCUT2D eigenvalue weighted by molar-refractivity contribution is 0.481.